The number of fused-ring (bicyclic) bond motifs is 1. The molecule has 4 rings (SSSR count). The van der Waals surface area contributed by atoms with Crippen molar-refractivity contribution in [2.75, 3.05) is 12.1 Å². The molecule has 1 N–H and O–H groups in total. The van der Waals surface area contributed by atoms with Crippen LogP contribution in [0.4, 0.5) is 5.69 Å². The minimum Gasteiger partial charge on any atom is -0.454 e. The van der Waals surface area contributed by atoms with Crippen molar-refractivity contribution in [1.29, 1.82) is 0 Å². The number of nitrogens with zero attached hydrogens (tertiary/aromatic N) is 1. The average molecular weight is 362 g/mol. The molecule has 0 atom stereocenters. The van der Waals surface area contributed by atoms with E-state index in [4.69, 9.17) is 9.47 Å². The zero-order valence-electron chi connectivity index (χ0n) is 14.8. The van der Waals surface area contributed by atoms with Crippen molar-refractivity contribution in [1.82, 2.24) is 4.57 Å². The largest absolute Gasteiger partial charge is 0.454 e. The molecule has 1 aliphatic heterocycles. The second-order valence-corrected chi connectivity index (χ2v) is 6.33. The van der Waals surface area contributed by atoms with E-state index in [1.54, 1.807) is 24.4 Å². The van der Waals surface area contributed by atoms with Gasteiger partial charge >= 0.3 is 0 Å². The molecule has 1 aromatic heterocycles. The lowest BCUT2D eigenvalue weighted by Gasteiger charge is -2.11. The molecule has 0 unspecified atom stereocenters. The second kappa shape index (κ2) is 6.99. The monoisotopic (exact) mass is 362 g/mol. The maximum Gasteiger partial charge on any atom is 0.257 e. The standard InChI is InChI=1S/C21H18N2O4/c1-14-4-2-3-5-15(14)11-23-12-16(6-9-20(23)24)21(25)22-17-7-8-18-19(10-17)27-13-26-18/h2-10,12H,11,13H2,1H3,(H,22,25). The van der Waals surface area contributed by atoms with Crippen LogP contribution < -0.4 is 20.3 Å². The van der Waals surface area contributed by atoms with Gasteiger partial charge in [-0.05, 0) is 36.2 Å². The molecule has 0 aliphatic carbocycles. The van der Waals surface area contributed by atoms with Crippen molar-refractivity contribution in [3.8, 4) is 11.5 Å². The van der Waals surface area contributed by atoms with Crippen LogP contribution in [-0.2, 0) is 6.54 Å². The number of benzene rings is 2. The van der Waals surface area contributed by atoms with Crippen LogP contribution in [-0.4, -0.2) is 17.3 Å². The lowest BCUT2D eigenvalue weighted by molar-refractivity contribution is 0.102. The Hall–Kier alpha value is -3.54. The van der Waals surface area contributed by atoms with Gasteiger partial charge in [-0.25, -0.2) is 0 Å². The Morgan fingerprint density at radius 1 is 1.07 bits per heavy atom. The molecule has 0 saturated heterocycles. The molecule has 0 bridgehead atoms. The van der Waals surface area contributed by atoms with E-state index in [9.17, 15) is 9.59 Å². The van der Waals surface area contributed by atoms with E-state index in [-0.39, 0.29) is 18.3 Å². The molecule has 6 heteroatoms. The van der Waals surface area contributed by atoms with Crippen LogP contribution in [0, 0.1) is 6.92 Å². The fourth-order valence-electron chi connectivity index (χ4n) is 2.94. The predicted molar refractivity (Wildman–Crippen MR) is 102 cm³/mol. The Morgan fingerprint density at radius 2 is 1.89 bits per heavy atom. The van der Waals surface area contributed by atoms with Crippen LogP contribution in [0.25, 0.3) is 0 Å². The summed E-state index contributed by atoms with van der Waals surface area (Å²) in [5.74, 6) is 0.949. The van der Waals surface area contributed by atoms with Gasteiger partial charge in [0.2, 0.25) is 6.79 Å². The van der Waals surface area contributed by atoms with Crippen molar-refractivity contribution in [2.24, 2.45) is 0 Å². The Kier molecular flexibility index (Phi) is 4.38. The van der Waals surface area contributed by atoms with E-state index in [0.717, 1.165) is 11.1 Å². The topological polar surface area (TPSA) is 69.6 Å². The molecule has 1 amide bonds. The second-order valence-electron chi connectivity index (χ2n) is 6.33. The number of aromatic nitrogens is 1. The molecule has 136 valence electrons. The van der Waals surface area contributed by atoms with Crippen molar-refractivity contribution in [3.05, 3.63) is 87.8 Å². The Labute approximate surface area is 156 Å². The number of rotatable bonds is 4. The van der Waals surface area contributed by atoms with Gasteiger partial charge in [-0.15, -0.1) is 0 Å². The highest BCUT2D eigenvalue weighted by atomic mass is 16.7. The third-order valence-corrected chi connectivity index (χ3v) is 4.48. The van der Waals surface area contributed by atoms with Gasteiger partial charge in [0.15, 0.2) is 11.5 Å². The van der Waals surface area contributed by atoms with Gasteiger partial charge in [0.05, 0.1) is 12.1 Å². The lowest BCUT2D eigenvalue weighted by Crippen LogP contribution is -2.22. The molecule has 1 aliphatic rings. The quantitative estimate of drug-likeness (QED) is 0.774. The molecule has 2 heterocycles. The highest BCUT2D eigenvalue weighted by Gasteiger charge is 2.15. The van der Waals surface area contributed by atoms with Gasteiger partial charge in [0.25, 0.3) is 11.5 Å². The number of amides is 1. The molecule has 0 saturated carbocycles. The van der Waals surface area contributed by atoms with Crippen LogP contribution in [0.2, 0.25) is 0 Å². The van der Waals surface area contributed by atoms with Crippen molar-refractivity contribution in [3.63, 3.8) is 0 Å². The third kappa shape index (κ3) is 3.55. The zero-order chi connectivity index (χ0) is 18.8. The summed E-state index contributed by atoms with van der Waals surface area (Å²) < 4.78 is 12.1. The van der Waals surface area contributed by atoms with E-state index in [0.29, 0.717) is 29.3 Å². The van der Waals surface area contributed by atoms with E-state index in [1.165, 1.54) is 16.7 Å². The van der Waals surface area contributed by atoms with Crippen molar-refractivity contribution < 1.29 is 14.3 Å². The number of hydrogen-bond acceptors (Lipinski definition) is 4. The number of aryl methyl sites for hydroxylation is 1. The Morgan fingerprint density at radius 3 is 2.74 bits per heavy atom. The number of carbonyl (C=O) groups excluding carboxylic acids is 1. The summed E-state index contributed by atoms with van der Waals surface area (Å²) in [4.78, 5) is 24.8. The van der Waals surface area contributed by atoms with Crippen LogP contribution in [0.3, 0.4) is 0 Å². The zero-order valence-corrected chi connectivity index (χ0v) is 14.8. The molecule has 6 nitrogen and oxygen atoms in total. The number of ether oxygens (including phenoxy) is 2. The van der Waals surface area contributed by atoms with Gasteiger partial charge in [-0.1, -0.05) is 24.3 Å². The average Bonchev–Trinajstić information content (AvgIpc) is 3.13. The van der Waals surface area contributed by atoms with E-state index < -0.39 is 0 Å². The maximum atomic E-state index is 12.6. The van der Waals surface area contributed by atoms with Gasteiger partial charge in [-0.3, -0.25) is 9.59 Å². The van der Waals surface area contributed by atoms with Crippen molar-refractivity contribution in [2.45, 2.75) is 13.5 Å². The van der Waals surface area contributed by atoms with E-state index in [1.807, 2.05) is 31.2 Å². The normalized spacial score (nSPS) is 12.0. The maximum absolute atomic E-state index is 12.6. The fourth-order valence-corrected chi connectivity index (χ4v) is 2.94. The van der Waals surface area contributed by atoms with Gasteiger partial charge in [-0.2, -0.15) is 0 Å². The third-order valence-electron chi connectivity index (χ3n) is 4.48. The summed E-state index contributed by atoms with van der Waals surface area (Å²) in [5, 5.41) is 2.82. The Balaban J connectivity index is 1.56. The number of anilines is 1. The first kappa shape index (κ1) is 16.9. The first-order chi connectivity index (χ1) is 13.1. The summed E-state index contributed by atoms with van der Waals surface area (Å²) >= 11 is 0. The summed E-state index contributed by atoms with van der Waals surface area (Å²) in [6, 6.07) is 16.0. The van der Waals surface area contributed by atoms with E-state index in [2.05, 4.69) is 5.32 Å². The van der Waals surface area contributed by atoms with Gasteiger partial charge in [0, 0.05) is 24.0 Å². The SMILES string of the molecule is Cc1ccccc1Cn1cc(C(=O)Nc2ccc3c(c2)OCO3)ccc1=O. The molecule has 3 aromatic rings. The first-order valence-electron chi connectivity index (χ1n) is 8.56. The van der Waals surface area contributed by atoms with E-state index >= 15 is 0 Å². The van der Waals surface area contributed by atoms with Gasteiger partial charge < -0.3 is 19.4 Å². The molecular formula is C21H18N2O4. The van der Waals surface area contributed by atoms with Crippen LogP contribution >= 0.6 is 0 Å². The molecule has 0 radical (unpaired) electrons. The smallest absolute Gasteiger partial charge is 0.257 e. The molecule has 0 spiro atoms. The van der Waals surface area contributed by atoms with Crippen LogP contribution in [0.5, 0.6) is 11.5 Å². The molecular weight excluding hydrogens is 344 g/mol. The van der Waals surface area contributed by atoms with Crippen LogP contribution in [0.1, 0.15) is 21.5 Å². The minimum absolute atomic E-state index is 0.155. The minimum atomic E-state index is -0.299. The summed E-state index contributed by atoms with van der Waals surface area (Å²) in [6.45, 7) is 2.59. The summed E-state index contributed by atoms with van der Waals surface area (Å²) in [7, 11) is 0. The molecule has 27 heavy (non-hydrogen) atoms. The number of hydrogen-bond donors (Lipinski definition) is 1. The summed E-state index contributed by atoms with van der Waals surface area (Å²) in [5.41, 5.74) is 2.98. The van der Waals surface area contributed by atoms with Crippen LogP contribution in [0.15, 0.2) is 65.6 Å². The highest BCUT2D eigenvalue weighted by molar-refractivity contribution is 6.04. The number of carbonyl (C=O) groups is 1. The van der Waals surface area contributed by atoms with Crippen molar-refractivity contribution >= 4 is 11.6 Å². The lowest BCUT2D eigenvalue weighted by atomic mass is 10.1. The number of pyridine rings is 1. The molecule has 2 aromatic carbocycles. The molecule has 0 fully saturated rings. The van der Waals surface area contributed by atoms with Gasteiger partial charge in [0.1, 0.15) is 0 Å². The predicted octanol–water partition coefficient (Wildman–Crippen LogP) is 3.19. The fraction of sp³-hybridized carbons (Fsp3) is 0.143. The number of nitrogens with one attached hydrogen (secondary N) is 1. The highest BCUT2D eigenvalue weighted by Crippen LogP contribution is 2.34. The first-order valence-corrected chi connectivity index (χ1v) is 8.56. The Bertz CT molecular complexity index is 1070. The summed E-state index contributed by atoms with van der Waals surface area (Å²) in [6.07, 6.45) is 1.58.